The summed E-state index contributed by atoms with van der Waals surface area (Å²) >= 11 is 0. The minimum atomic E-state index is -0.380. The smallest absolute Gasteiger partial charge is 0.319 e. The van der Waals surface area contributed by atoms with E-state index in [1.165, 1.54) is 7.11 Å². The first-order valence-electron chi connectivity index (χ1n) is 7.55. The second kappa shape index (κ2) is 8.73. The lowest BCUT2D eigenvalue weighted by atomic mass is 10.2. The Balaban J connectivity index is 1.76. The van der Waals surface area contributed by atoms with Crippen molar-refractivity contribution in [1.82, 2.24) is 15.5 Å². The predicted octanol–water partition coefficient (Wildman–Crippen LogP) is 0.418. The summed E-state index contributed by atoms with van der Waals surface area (Å²) in [5.74, 6) is -0.275. The Bertz CT molecular complexity index is 607. The number of carbonyl (C=O) groups is 3. The van der Waals surface area contributed by atoms with Crippen LogP contribution < -0.4 is 21.3 Å². The number of nitrogens with one attached hydrogen (secondary N) is 4. The van der Waals surface area contributed by atoms with E-state index in [2.05, 4.69) is 21.3 Å². The molecule has 1 saturated heterocycles. The highest BCUT2D eigenvalue weighted by molar-refractivity contribution is 5.94. The third-order valence-corrected chi connectivity index (χ3v) is 3.29. The number of hydrogen-bond donors (Lipinski definition) is 4. The van der Waals surface area contributed by atoms with Gasteiger partial charge in [-0.1, -0.05) is 6.07 Å². The van der Waals surface area contributed by atoms with Crippen molar-refractivity contribution in [2.24, 2.45) is 0 Å². The van der Waals surface area contributed by atoms with Crippen molar-refractivity contribution < 1.29 is 19.1 Å². The SMILES string of the molecule is COCC(=O)Nc1cccc(NC(=O)NCCN2CCNC2=O)c1. The minimum Gasteiger partial charge on any atom is -0.375 e. The van der Waals surface area contributed by atoms with Crippen LogP contribution >= 0.6 is 0 Å². The van der Waals surface area contributed by atoms with Gasteiger partial charge in [0, 0.05) is 44.7 Å². The van der Waals surface area contributed by atoms with Gasteiger partial charge in [-0.3, -0.25) is 4.79 Å². The number of methoxy groups -OCH3 is 1. The van der Waals surface area contributed by atoms with Crippen LogP contribution in [0.2, 0.25) is 0 Å². The number of anilines is 2. The molecule has 0 atom stereocenters. The van der Waals surface area contributed by atoms with Crippen LogP contribution in [0.15, 0.2) is 24.3 Å². The van der Waals surface area contributed by atoms with Crippen LogP contribution in [0.3, 0.4) is 0 Å². The first-order valence-corrected chi connectivity index (χ1v) is 7.55. The minimum absolute atomic E-state index is 0.0395. The Morgan fingerprint density at radius 3 is 2.71 bits per heavy atom. The van der Waals surface area contributed by atoms with Gasteiger partial charge in [0.05, 0.1) is 0 Å². The summed E-state index contributed by atoms with van der Waals surface area (Å²) in [6, 6.07) is 6.28. The molecule has 0 radical (unpaired) electrons. The van der Waals surface area contributed by atoms with Gasteiger partial charge in [0.1, 0.15) is 6.61 Å². The molecule has 9 nitrogen and oxygen atoms in total. The molecule has 0 unspecified atom stereocenters. The predicted molar refractivity (Wildman–Crippen MR) is 88.9 cm³/mol. The molecule has 0 bridgehead atoms. The Hall–Kier alpha value is -2.81. The Morgan fingerprint density at radius 2 is 2.04 bits per heavy atom. The van der Waals surface area contributed by atoms with Gasteiger partial charge in [-0.05, 0) is 18.2 Å². The van der Waals surface area contributed by atoms with Crippen LogP contribution in [0.5, 0.6) is 0 Å². The third-order valence-electron chi connectivity index (χ3n) is 3.29. The van der Waals surface area contributed by atoms with Crippen LogP contribution in [0.1, 0.15) is 0 Å². The van der Waals surface area contributed by atoms with Crippen LogP contribution in [-0.2, 0) is 9.53 Å². The van der Waals surface area contributed by atoms with Crippen molar-refractivity contribution in [1.29, 1.82) is 0 Å². The normalized spacial score (nSPS) is 13.4. The Kier molecular flexibility index (Phi) is 6.38. The Morgan fingerprint density at radius 1 is 1.29 bits per heavy atom. The van der Waals surface area contributed by atoms with Gasteiger partial charge in [0.15, 0.2) is 0 Å². The largest absolute Gasteiger partial charge is 0.375 e. The average Bonchev–Trinajstić information content (AvgIpc) is 2.93. The van der Waals surface area contributed by atoms with E-state index in [-0.39, 0.29) is 24.6 Å². The number of benzene rings is 1. The molecule has 9 heteroatoms. The van der Waals surface area contributed by atoms with Gasteiger partial charge in [0.25, 0.3) is 0 Å². The van der Waals surface area contributed by atoms with Gasteiger partial charge >= 0.3 is 12.1 Å². The van der Waals surface area contributed by atoms with E-state index in [4.69, 9.17) is 4.74 Å². The number of amides is 5. The lowest BCUT2D eigenvalue weighted by molar-refractivity contribution is -0.119. The Labute approximate surface area is 139 Å². The first-order chi connectivity index (χ1) is 11.6. The fourth-order valence-electron chi connectivity index (χ4n) is 2.21. The standard InChI is InChI=1S/C15H21N5O4/c1-24-10-13(21)18-11-3-2-4-12(9-11)19-14(22)16-5-7-20-8-6-17-15(20)23/h2-4,9H,5-8,10H2,1H3,(H,17,23)(H,18,21)(H2,16,19,22). The molecule has 5 amide bonds. The molecule has 0 spiro atoms. The molecule has 24 heavy (non-hydrogen) atoms. The van der Waals surface area contributed by atoms with E-state index in [1.807, 2.05) is 0 Å². The van der Waals surface area contributed by atoms with Crippen LogP contribution in [0.25, 0.3) is 0 Å². The van der Waals surface area contributed by atoms with Gasteiger partial charge in [0.2, 0.25) is 5.91 Å². The van der Waals surface area contributed by atoms with E-state index < -0.39 is 0 Å². The fourth-order valence-corrected chi connectivity index (χ4v) is 2.21. The number of rotatable bonds is 7. The second-order valence-corrected chi connectivity index (χ2v) is 5.16. The molecule has 2 rings (SSSR count). The molecule has 1 aliphatic heterocycles. The zero-order chi connectivity index (χ0) is 17.4. The fraction of sp³-hybridized carbons (Fsp3) is 0.400. The summed E-state index contributed by atoms with van der Waals surface area (Å²) in [6.45, 7) is 2.04. The van der Waals surface area contributed by atoms with E-state index in [9.17, 15) is 14.4 Å². The highest BCUT2D eigenvalue weighted by Crippen LogP contribution is 2.14. The van der Waals surface area contributed by atoms with Crippen molar-refractivity contribution in [3.8, 4) is 0 Å². The quantitative estimate of drug-likeness (QED) is 0.578. The molecule has 4 N–H and O–H groups in total. The molecule has 130 valence electrons. The summed E-state index contributed by atoms with van der Waals surface area (Å²) in [7, 11) is 1.44. The number of urea groups is 2. The highest BCUT2D eigenvalue weighted by Gasteiger charge is 2.18. The third kappa shape index (κ3) is 5.43. The van der Waals surface area contributed by atoms with E-state index in [1.54, 1.807) is 29.2 Å². The van der Waals surface area contributed by atoms with Crippen LogP contribution in [0, 0.1) is 0 Å². The molecule has 1 heterocycles. The number of carbonyl (C=O) groups excluding carboxylic acids is 3. The molecule has 1 aromatic rings. The van der Waals surface area contributed by atoms with Crippen molar-refractivity contribution in [3.05, 3.63) is 24.3 Å². The maximum absolute atomic E-state index is 11.9. The monoisotopic (exact) mass is 335 g/mol. The van der Waals surface area contributed by atoms with Gasteiger partial charge in [-0.2, -0.15) is 0 Å². The molecule has 0 saturated carbocycles. The lowest BCUT2D eigenvalue weighted by Gasteiger charge is -2.14. The second-order valence-electron chi connectivity index (χ2n) is 5.16. The molecule has 0 aromatic heterocycles. The maximum Gasteiger partial charge on any atom is 0.319 e. The number of ether oxygens (including phenoxy) is 1. The van der Waals surface area contributed by atoms with Crippen LogP contribution in [-0.4, -0.2) is 62.8 Å². The lowest BCUT2D eigenvalue weighted by Crippen LogP contribution is -2.38. The highest BCUT2D eigenvalue weighted by atomic mass is 16.5. The van der Waals surface area contributed by atoms with E-state index in [0.29, 0.717) is 37.6 Å². The van der Waals surface area contributed by atoms with E-state index in [0.717, 1.165) is 0 Å². The van der Waals surface area contributed by atoms with Crippen molar-refractivity contribution in [3.63, 3.8) is 0 Å². The maximum atomic E-state index is 11.9. The van der Waals surface area contributed by atoms with Crippen LogP contribution in [0.4, 0.5) is 21.0 Å². The van der Waals surface area contributed by atoms with Crippen molar-refractivity contribution in [2.75, 3.05) is 50.5 Å². The van der Waals surface area contributed by atoms with Gasteiger partial charge in [-0.25, -0.2) is 9.59 Å². The number of nitrogens with zero attached hydrogens (tertiary/aromatic N) is 1. The summed E-state index contributed by atoms with van der Waals surface area (Å²) in [4.78, 5) is 36.3. The van der Waals surface area contributed by atoms with Crippen molar-refractivity contribution in [2.45, 2.75) is 0 Å². The molecular weight excluding hydrogens is 314 g/mol. The topological polar surface area (TPSA) is 112 Å². The molecule has 1 fully saturated rings. The molecule has 1 aromatic carbocycles. The number of hydrogen-bond acceptors (Lipinski definition) is 4. The summed E-state index contributed by atoms with van der Waals surface area (Å²) in [6.07, 6.45) is 0. The van der Waals surface area contributed by atoms with E-state index >= 15 is 0 Å². The molecule has 1 aliphatic rings. The van der Waals surface area contributed by atoms with Gasteiger partial charge < -0.3 is 30.9 Å². The summed E-state index contributed by atoms with van der Waals surface area (Å²) < 4.78 is 4.74. The average molecular weight is 335 g/mol. The summed E-state index contributed by atoms with van der Waals surface area (Å²) in [5.41, 5.74) is 1.10. The first kappa shape index (κ1) is 17.5. The molecular formula is C15H21N5O4. The summed E-state index contributed by atoms with van der Waals surface area (Å²) in [5, 5.41) is 10.7. The zero-order valence-electron chi connectivity index (χ0n) is 13.4. The molecule has 0 aliphatic carbocycles. The zero-order valence-corrected chi connectivity index (χ0v) is 13.4. The van der Waals surface area contributed by atoms with Gasteiger partial charge in [-0.15, -0.1) is 0 Å². The van der Waals surface area contributed by atoms with Crippen molar-refractivity contribution >= 4 is 29.3 Å².